The Kier molecular flexibility index (Phi) is 5.21. The largest absolute Gasteiger partial charge is 0.439 e. The highest BCUT2D eigenvalue weighted by molar-refractivity contribution is 5.84. The molecule has 1 atom stereocenters. The van der Waals surface area contributed by atoms with E-state index in [0.29, 0.717) is 0 Å². The second-order valence-electron chi connectivity index (χ2n) is 2.52. The van der Waals surface area contributed by atoms with E-state index in [9.17, 15) is 9.59 Å². The molecule has 0 fully saturated rings. The van der Waals surface area contributed by atoms with Crippen LogP contribution in [0.15, 0.2) is 17.6 Å². The molecule has 0 aromatic heterocycles. The van der Waals surface area contributed by atoms with Crippen LogP contribution in [-0.2, 0) is 9.53 Å². The van der Waals surface area contributed by atoms with Crippen LogP contribution in [0.4, 0.5) is 4.79 Å². The molecule has 5 heteroatoms. The molecule has 0 heterocycles. The van der Waals surface area contributed by atoms with Gasteiger partial charge >= 0.3 is 12.0 Å². The van der Waals surface area contributed by atoms with Gasteiger partial charge in [-0.2, -0.15) is 0 Å². The van der Waals surface area contributed by atoms with Crippen molar-refractivity contribution in [3.8, 4) is 0 Å². The molecule has 0 bridgehead atoms. The van der Waals surface area contributed by atoms with Gasteiger partial charge in [-0.25, -0.2) is 14.6 Å². The monoisotopic (exact) mass is 198 g/mol. The number of aliphatic imine (C=N–C) groups is 1. The summed E-state index contributed by atoms with van der Waals surface area (Å²) in [5.74, 6) is -0.572. The van der Waals surface area contributed by atoms with Crippen molar-refractivity contribution in [2.75, 3.05) is 7.05 Å². The number of esters is 1. The van der Waals surface area contributed by atoms with E-state index in [1.807, 2.05) is 0 Å². The number of carbonyl (C=O) groups excluding carboxylic acids is 2. The van der Waals surface area contributed by atoms with Crippen molar-refractivity contribution >= 4 is 18.2 Å². The topological polar surface area (TPSA) is 59.0 Å². The predicted molar refractivity (Wildman–Crippen MR) is 53.1 cm³/mol. The number of rotatable bonds is 3. The zero-order valence-electron chi connectivity index (χ0n) is 8.56. The van der Waals surface area contributed by atoms with Crippen LogP contribution in [0.5, 0.6) is 0 Å². The standard InChI is InChI=1S/C9H14N2O3/c1-5-8(12)14-7(3)11(4)9(13)10-6-2/h5-7H,1H2,2-4H3/b10-6+. The molecule has 14 heavy (non-hydrogen) atoms. The second kappa shape index (κ2) is 5.90. The van der Waals surface area contributed by atoms with Gasteiger partial charge in [0.25, 0.3) is 0 Å². The van der Waals surface area contributed by atoms with Crippen molar-refractivity contribution in [1.82, 2.24) is 4.90 Å². The number of ether oxygens (including phenoxy) is 1. The number of hydrogen-bond acceptors (Lipinski definition) is 3. The maximum Gasteiger partial charge on any atom is 0.345 e. The van der Waals surface area contributed by atoms with Crippen molar-refractivity contribution in [3.63, 3.8) is 0 Å². The fourth-order valence-electron chi connectivity index (χ4n) is 0.652. The summed E-state index contributed by atoms with van der Waals surface area (Å²) < 4.78 is 4.80. The SMILES string of the molecule is C=CC(=O)OC(C)N(C)C(=O)/N=C/C. The summed E-state index contributed by atoms with van der Waals surface area (Å²) >= 11 is 0. The zero-order valence-corrected chi connectivity index (χ0v) is 8.56. The molecular weight excluding hydrogens is 184 g/mol. The first-order valence-corrected chi connectivity index (χ1v) is 4.11. The van der Waals surface area contributed by atoms with Crippen LogP contribution in [0.2, 0.25) is 0 Å². The smallest absolute Gasteiger partial charge is 0.345 e. The number of hydrogen-bond donors (Lipinski definition) is 0. The van der Waals surface area contributed by atoms with Gasteiger partial charge in [-0.3, -0.25) is 4.90 Å². The van der Waals surface area contributed by atoms with Gasteiger partial charge in [0.05, 0.1) is 0 Å². The van der Waals surface area contributed by atoms with Crippen LogP contribution in [0.3, 0.4) is 0 Å². The highest BCUT2D eigenvalue weighted by Gasteiger charge is 2.16. The average Bonchev–Trinajstić information content (AvgIpc) is 2.16. The summed E-state index contributed by atoms with van der Waals surface area (Å²) in [5.41, 5.74) is 0. The van der Waals surface area contributed by atoms with Gasteiger partial charge in [0.15, 0.2) is 6.23 Å². The molecule has 0 spiro atoms. The third kappa shape index (κ3) is 3.84. The predicted octanol–water partition coefficient (Wildman–Crippen LogP) is 1.20. The molecule has 0 radical (unpaired) electrons. The van der Waals surface area contributed by atoms with Crippen molar-refractivity contribution in [1.29, 1.82) is 0 Å². The van der Waals surface area contributed by atoms with Crippen LogP contribution in [0.25, 0.3) is 0 Å². The van der Waals surface area contributed by atoms with Gasteiger partial charge in [-0.1, -0.05) is 6.58 Å². The Balaban J connectivity index is 4.24. The minimum absolute atomic E-state index is 0.461. The fourth-order valence-corrected chi connectivity index (χ4v) is 0.652. The van der Waals surface area contributed by atoms with E-state index in [1.165, 1.54) is 18.2 Å². The van der Waals surface area contributed by atoms with Crippen molar-refractivity contribution in [2.24, 2.45) is 4.99 Å². The van der Waals surface area contributed by atoms with E-state index in [2.05, 4.69) is 11.6 Å². The maximum absolute atomic E-state index is 11.2. The summed E-state index contributed by atoms with van der Waals surface area (Å²) in [5, 5.41) is 0. The third-order valence-electron chi connectivity index (χ3n) is 1.54. The second-order valence-corrected chi connectivity index (χ2v) is 2.52. The first kappa shape index (κ1) is 12.3. The van der Waals surface area contributed by atoms with Gasteiger partial charge in [0.1, 0.15) is 0 Å². The van der Waals surface area contributed by atoms with Gasteiger partial charge in [0, 0.05) is 19.3 Å². The molecule has 0 saturated carbocycles. The number of amides is 2. The quantitative estimate of drug-likeness (QED) is 0.296. The summed E-state index contributed by atoms with van der Waals surface area (Å²) in [6, 6.07) is -0.461. The fraction of sp³-hybridized carbons (Fsp3) is 0.444. The highest BCUT2D eigenvalue weighted by Crippen LogP contribution is 2.00. The van der Waals surface area contributed by atoms with E-state index in [0.717, 1.165) is 6.08 Å². The molecule has 0 aliphatic rings. The molecule has 0 aromatic rings. The first-order chi connectivity index (χ1) is 6.52. The Morgan fingerprint density at radius 2 is 2.14 bits per heavy atom. The van der Waals surface area contributed by atoms with Crippen molar-refractivity contribution in [2.45, 2.75) is 20.1 Å². The minimum atomic E-state index is -0.656. The summed E-state index contributed by atoms with van der Waals surface area (Å²) in [6.45, 7) is 6.45. The number of carbonyl (C=O) groups is 2. The average molecular weight is 198 g/mol. The van der Waals surface area contributed by atoms with Crippen LogP contribution in [0.1, 0.15) is 13.8 Å². The Labute approximate surface area is 83.1 Å². The normalized spacial score (nSPS) is 12.2. The Morgan fingerprint density at radius 1 is 1.57 bits per heavy atom. The van der Waals surface area contributed by atoms with Crippen LogP contribution in [-0.4, -0.2) is 36.4 Å². The van der Waals surface area contributed by atoms with E-state index < -0.39 is 18.2 Å². The lowest BCUT2D eigenvalue weighted by molar-refractivity contribution is -0.147. The van der Waals surface area contributed by atoms with Gasteiger partial charge in [-0.15, -0.1) is 0 Å². The molecule has 0 aliphatic carbocycles. The van der Waals surface area contributed by atoms with E-state index in [-0.39, 0.29) is 0 Å². The summed E-state index contributed by atoms with van der Waals surface area (Å²) in [6.07, 6.45) is 1.76. The number of urea groups is 1. The number of nitrogens with zero attached hydrogens (tertiary/aromatic N) is 2. The minimum Gasteiger partial charge on any atom is -0.439 e. The van der Waals surface area contributed by atoms with E-state index >= 15 is 0 Å². The zero-order chi connectivity index (χ0) is 11.1. The molecule has 78 valence electrons. The Hall–Kier alpha value is -1.65. The first-order valence-electron chi connectivity index (χ1n) is 4.11. The van der Waals surface area contributed by atoms with Crippen LogP contribution >= 0.6 is 0 Å². The Bertz CT molecular complexity index is 261. The molecule has 1 unspecified atom stereocenters. The van der Waals surface area contributed by atoms with Crippen LogP contribution in [0, 0.1) is 0 Å². The Morgan fingerprint density at radius 3 is 2.57 bits per heavy atom. The lowest BCUT2D eigenvalue weighted by Crippen LogP contribution is -2.36. The molecule has 0 saturated heterocycles. The summed E-state index contributed by atoms with van der Waals surface area (Å²) in [4.78, 5) is 26.7. The lowest BCUT2D eigenvalue weighted by Gasteiger charge is -2.21. The van der Waals surface area contributed by atoms with Crippen molar-refractivity contribution in [3.05, 3.63) is 12.7 Å². The van der Waals surface area contributed by atoms with Crippen LogP contribution < -0.4 is 0 Å². The molecule has 0 rings (SSSR count). The van der Waals surface area contributed by atoms with Crippen molar-refractivity contribution < 1.29 is 14.3 Å². The third-order valence-corrected chi connectivity index (χ3v) is 1.54. The van der Waals surface area contributed by atoms with E-state index in [4.69, 9.17) is 4.74 Å². The molecule has 0 aromatic carbocycles. The maximum atomic E-state index is 11.2. The molecule has 2 amide bonds. The van der Waals surface area contributed by atoms with Gasteiger partial charge in [0.2, 0.25) is 0 Å². The van der Waals surface area contributed by atoms with Gasteiger partial charge < -0.3 is 4.74 Å². The molecule has 0 N–H and O–H groups in total. The molecule has 5 nitrogen and oxygen atoms in total. The lowest BCUT2D eigenvalue weighted by atomic mass is 10.5. The van der Waals surface area contributed by atoms with E-state index in [1.54, 1.807) is 13.8 Å². The summed E-state index contributed by atoms with van der Waals surface area (Å²) in [7, 11) is 1.50. The van der Waals surface area contributed by atoms with Gasteiger partial charge in [-0.05, 0) is 13.8 Å². The molecular formula is C9H14N2O3. The molecule has 0 aliphatic heterocycles. The highest BCUT2D eigenvalue weighted by atomic mass is 16.6.